The summed E-state index contributed by atoms with van der Waals surface area (Å²) in [5, 5.41) is 0. The number of Topliss-reactive ketones (excluding diaryl/α,β-unsaturated/α-hetero) is 1. The summed E-state index contributed by atoms with van der Waals surface area (Å²) < 4.78 is 5.49. The van der Waals surface area contributed by atoms with Gasteiger partial charge in [0.1, 0.15) is 5.69 Å². The van der Waals surface area contributed by atoms with Crippen molar-refractivity contribution in [1.82, 2.24) is 9.88 Å². The van der Waals surface area contributed by atoms with Crippen molar-refractivity contribution >= 4 is 11.7 Å². The van der Waals surface area contributed by atoms with E-state index < -0.39 is 0 Å². The van der Waals surface area contributed by atoms with E-state index >= 15 is 0 Å². The van der Waals surface area contributed by atoms with Crippen LogP contribution in [0.5, 0.6) is 0 Å². The van der Waals surface area contributed by atoms with Crippen LogP contribution in [0.3, 0.4) is 0 Å². The molecule has 1 aromatic heterocycles. The van der Waals surface area contributed by atoms with Gasteiger partial charge in [-0.05, 0) is 19.1 Å². The smallest absolute Gasteiger partial charge is 0.272 e. The fourth-order valence-corrected chi connectivity index (χ4v) is 2.86. The molecule has 0 aliphatic carbocycles. The van der Waals surface area contributed by atoms with Crippen LogP contribution in [-0.4, -0.2) is 47.4 Å². The molecule has 5 heteroatoms. The molecule has 5 nitrogen and oxygen atoms in total. The predicted molar refractivity (Wildman–Crippen MR) is 90.0 cm³/mol. The Morgan fingerprint density at radius 2 is 1.96 bits per heavy atom. The Bertz CT molecular complexity index is 730. The van der Waals surface area contributed by atoms with E-state index in [1.54, 1.807) is 23.1 Å². The number of ketones is 1. The Labute approximate surface area is 141 Å². The van der Waals surface area contributed by atoms with Gasteiger partial charge in [0.05, 0.1) is 19.3 Å². The van der Waals surface area contributed by atoms with Gasteiger partial charge < -0.3 is 9.64 Å². The van der Waals surface area contributed by atoms with Crippen LogP contribution in [0.15, 0.2) is 48.5 Å². The molecule has 1 amide bonds. The summed E-state index contributed by atoms with van der Waals surface area (Å²) in [4.78, 5) is 31.3. The fourth-order valence-electron chi connectivity index (χ4n) is 2.86. The third-order valence-electron chi connectivity index (χ3n) is 4.11. The van der Waals surface area contributed by atoms with Crippen molar-refractivity contribution in [1.29, 1.82) is 0 Å². The Kier molecular flexibility index (Phi) is 5.01. The number of aromatic nitrogens is 1. The van der Waals surface area contributed by atoms with E-state index in [-0.39, 0.29) is 24.2 Å². The summed E-state index contributed by atoms with van der Waals surface area (Å²) >= 11 is 0. The number of nitrogens with zero attached hydrogens (tertiary/aromatic N) is 2. The fraction of sp³-hybridized carbons (Fsp3) is 0.316. The Balaban J connectivity index is 1.76. The Morgan fingerprint density at radius 1 is 1.17 bits per heavy atom. The molecule has 1 unspecified atom stereocenters. The number of rotatable bonds is 4. The molecular weight excluding hydrogens is 304 g/mol. The van der Waals surface area contributed by atoms with E-state index in [4.69, 9.17) is 4.74 Å². The first kappa shape index (κ1) is 16.3. The van der Waals surface area contributed by atoms with Gasteiger partial charge in [0.2, 0.25) is 0 Å². The van der Waals surface area contributed by atoms with Gasteiger partial charge in [-0.3, -0.25) is 9.59 Å². The highest BCUT2D eigenvalue weighted by Crippen LogP contribution is 2.17. The number of hydrogen-bond donors (Lipinski definition) is 0. The van der Waals surface area contributed by atoms with Crippen LogP contribution in [0, 0.1) is 6.92 Å². The minimum atomic E-state index is -0.263. The summed E-state index contributed by atoms with van der Waals surface area (Å²) in [6.07, 6.45) is 0.252. The van der Waals surface area contributed by atoms with Crippen LogP contribution < -0.4 is 0 Å². The molecule has 1 fully saturated rings. The van der Waals surface area contributed by atoms with E-state index in [0.29, 0.717) is 31.0 Å². The van der Waals surface area contributed by atoms with Gasteiger partial charge in [0, 0.05) is 24.2 Å². The Hall–Kier alpha value is -2.53. The van der Waals surface area contributed by atoms with Crippen LogP contribution in [0.2, 0.25) is 0 Å². The molecule has 0 radical (unpaired) electrons. The molecule has 0 N–H and O–H groups in total. The zero-order valence-corrected chi connectivity index (χ0v) is 13.6. The predicted octanol–water partition coefficient (Wildman–Crippen LogP) is 2.50. The van der Waals surface area contributed by atoms with Gasteiger partial charge in [-0.2, -0.15) is 0 Å². The molecule has 0 saturated carbocycles. The molecule has 2 aromatic rings. The largest absolute Gasteiger partial charge is 0.377 e. The van der Waals surface area contributed by atoms with Crippen molar-refractivity contribution in [3.8, 4) is 0 Å². The van der Waals surface area contributed by atoms with Gasteiger partial charge in [-0.15, -0.1) is 0 Å². The molecule has 1 saturated heterocycles. The molecule has 3 rings (SSSR count). The lowest BCUT2D eigenvalue weighted by Gasteiger charge is -2.35. The molecular formula is C19H20N2O3. The summed E-state index contributed by atoms with van der Waals surface area (Å²) in [7, 11) is 0. The number of ether oxygens (including phenoxy) is 1. The average molecular weight is 324 g/mol. The maximum Gasteiger partial charge on any atom is 0.272 e. The quantitative estimate of drug-likeness (QED) is 0.811. The van der Waals surface area contributed by atoms with Crippen LogP contribution in [0.25, 0.3) is 0 Å². The molecule has 24 heavy (non-hydrogen) atoms. The molecule has 124 valence electrons. The SMILES string of the molecule is Cc1cccc(C(=O)N2CCOCC2CC(=O)c2ccccc2)n1. The summed E-state index contributed by atoms with van der Waals surface area (Å²) in [5.74, 6) is -0.131. The van der Waals surface area contributed by atoms with Crippen LogP contribution in [0.4, 0.5) is 0 Å². The lowest BCUT2D eigenvalue weighted by Crippen LogP contribution is -2.49. The first-order chi connectivity index (χ1) is 11.6. The van der Waals surface area contributed by atoms with Crippen molar-refractivity contribution < 1.29 is 14.3 Å². The lowest BCUT2D eigenvalue weighted by molar-refractivity contribution is -0.00311. The van der Waals surface area contributed by atoms with Gasteiger partial charge in [0.25, 0.3) is 5.91 Å². The second-order valence-corrected chi connectivity index (χ2v) is 5.88. The van der Waals surface area contributed by atoms with Gasteiger partial charge in [-0.25, -0.2) is 4.98 Å². The van der Waals surface area contributed by atoms with Crippen LogP contribution in [-0.2, 0) is 4.74 Å². The zero-order chi connectivity index (χ0) is 16.9. The molecule has 0 bridgehead atoms. The van der Waals surface area contributed by atoms with Crippen molar-refractivity contribution in [2.24, 2.45) is 0 Å². The molecule has 1 aromatic carbocycles. The highest BCUT2D eigenvalue weighted by Gasteiger charge is 2.30. The number of pyridine rings is 1. The van der Waals surface area contributed by atoms with Crippen LogP contribution >= 0.6 is 0 Å². The average Bonchev–Trinajstić information content (AvgIpc) is 2.62. The van der Waals surface area contributed by atoms with Gasteiger partial charge in [0.15, 0.2) is 5.78 Å². The molecule has 1 atom stereocenters. The number of benzene rings is 1. The van der Waals surface area contributed by atoms with E-state index in [1.807, 2.05) is 37.3 Å². The van der Waals surface area contributed by atoms with Crippen molar-refractivity contribution in [3.63, 3.8) is 0 Å². The maximum atomic E-state index is 12.8. The summed E-state index contributed by atoms with van der Waals surface area (Å²) in [6.45, 7) is 3.18. The van der Waals surface area contributed by atoms with Crippen LogP contribution in [0.1, 0.15) is 33.0 Å². The van der Waals surface area contributed by atoms with Gasteiger partial charge in [-0.1, -0.05) is 36.4 Å². The standard InChI is InChI=1S/C19H20N2O3/c1-14-6-5-9-17(20-14)19(23)21-10-11-24-13-16(21)12-18(22)15-7-3-2-4-8-15/h2-9,16H,10-13H2,1H3. The third-order valence-corrected chi connectivity index (χ3v) is 4.11. The van der Waals surface area contributed by atoms with E-state index in [0.717, 1.165) is 5.69 Å². The number of amides is 1. The minimum absolute atomic E-state index is 0.0149. The minimum Gasteiger partial charge on any atom is -0.377 e. The number of carbonyl (C=O) groups excluding carboxylic acids is 2. The number of carbonyl (C=O) groups is 2. The first-order valence-electron chi connectivity index (χ1n) is 8.06. The van der Waals surface area contributed by atoms with E-state index in [1.165, 1.54) is 0 Å². The zero-order valence-electron chi connectivity index (χ0n) is 13.6. The number of aryl methyl sites for hydroxylation is 1. The van der Waals surface area contributed by atoms with E-state index in [9.17, 15) is 9.59 Å². The molecule has 1 aliphatic rings. The summed E-state index contributed by atoms with van der Waals surface area (Å²) in [6, 6.07) is 14.3. The highest BCUT2D eigenvalue weighted by atomic mass is 16.5. The normalized spacial score (nSPS) is 17.5. The van der Waals surface area contributed by atoms with Crippen molar-refractivity contribution in [2.45, 2.75) is 19.4 Å². The topological polar surface area (TPSA) is 59.5 Å². The molecule has 0 spiro atoms. The lowest BCUT2D eigenvalue weighted by atomic mass is 10.0. The third kappa shape index (κ3) is 3.68. The molecule has 1 aliphatic heterocycles. The summed E-state index contributed by atoms with van der Waals surface area (Å²) in [5.41, 5.74) is 1.87. The monoisotopic (exact) mass is 324 g/mol. The highest BCUT2D eigenvalue weighted by molar-refractivity contribution is 5.97. The Morgan fingerprint density at radius 3 is 2.71 bits per heavy atom. The second kappa shape index (κ2) is 7.36. The van der Waals surface area contributed by atoms with Crippen molar-refractivity contribution in [3.05, 3.63) is 65.5 Å². The molecule has 2 heterocycles. The number of morpholine rings is 1. The maximum absolute atomic E-state index is 12.8. The first-order valence-corrected chi connectivity index (χ1v) is 8.06. The van der Waals surface area contributed by atoms with Crippen molar-refractivity contribution in [2.75, 3.05) is 19.8 Å². The van der Waals surface area contributed by atoms with Gasteiger partial charge >= 0.3 is 0 Å². The second-order valence-electron chi connectivity index (χ2n) is 5.88. The number of hydrogen-bond acceptors (Lipinski definition) is 4. The van der Waals surface area contributed by atoms with E-state index in [2.05, 4.69) is 4.98 Å².